The monoisotopic (exact) mass is 198 g/mol. The van der Waals surface area contributed by atoms with Gasteiger partial charge in [-0.15, -0.1) is 24.4 Å². The Kier molecular flexibility index (Phi) is 4.37. The lowest BCUT2D eigenvalue weighted by atomic mass is 11.0. The van der Waals surface area contributed by atoms with Crippen molar-refractivity contribution in [3.8, 4) is 0 Å². The van der Waals surface area contributed by atoms with E-state index in [4.69, 9.17) is 0 Å². The van der Waals surface area contributed by atoms with Crippen LogP contribution in [0.2, 0.25) is 0 Å². The Hall–Kier alpha value is 0.920. The summed E-state index contributed by atoms with van der Waals surface area (Å²) in [5, 5.41) is 0. The predicted octanol–water partition coefficient (Wildman–Crippen LogP) is 2.86. The molecule has 0 bridgehead atoms. The topological polar surface area (TPSA) is 0 Å². The fraction of sp³-hybridized carbons (Fsp3) is 0.500. The highest BCUT2D eigenvalue weighted by molar-refractivity contribution is 9.11. The van der Waals surface area contributed by atoms with Crippen LogP contribution in [0.5, 0.6) is 0 Å². The molecule has 3 heteroatoms. The quantitative estimate of drug-likeness (QED) is 0.527. The maximum atomic E-state index is 3.98. The zero-order valence-corrected chi connectivity index (χ0v) is 7.31. The molecule has 42 valence electrons. The van der Waals surface area contributed by atoms with Gasteiger partial charge in [0.15, 0.2) is 0 Å². The first-order valence-corrected chi connectivity index (χ1v) is 4.06. The van der Waals surface area contributed by atoms with Crippen LogP contribution in [-0.2, 0) is 0 Å². The van der Waals surface area contributed by atoms with Crippen LogP contribution in [0, 0.1) is 0 Å². The summed E-state index contributed by atoms with van der Waals surface area (Å²) in [5.41, 5.74) is 0. The van der Waals surface area contributed by atoms with Gasteiger partial charge in [-0.05, 0) is 6.92 Å². The van der Waals surface area contributed by atoms with E-state index in [1.807, 2.05) is 6.92 Å². The van der Waals surface area contributed by atoms with E-state index >= 15 is 0 Å². The lowest BCUT2D eigenvalue weighted by Gasteiger charge is -1.97. The third-order valence-corrected chi connectivity index (χ3v) is 1.77. The summed E-state index contributed by atoms with van der Waals surface area (Å²) < 4.78 is 1.28. The molecule has 0 spiro atoms. The fourth-order valence-electron chi connectivity index (χ4n) is 0.187. The molecule has 0 saturated heterocycles. The molecule has 0 amide bonds. The number of rotatable bonds is 2. The minimum atomic E-state index is 0.428. The maximum absolute atomic E-state index is 3.98. The van der Waals surface area contributed by atoms with E-state index in [9.17, 15) is 0 Å². The van der Waals surface area contributed by atoms with Crippen molar-refractivity contribution in [2.45, 2.75) is 11.1 Å². The van der Waals surface area contributed by atoms with Crippen molar-refractivity contribution in [3.63, 3.8) is 0 Å². The second-order valence-electron chi connectivity index (χ2n) is 1.05. The Labute approximate surface area is 62.3 Å². The second-order valence-corrected chi connectivity index (χ2v) is 5.31. The van der Waals surface area contributed by atoms with Gasteiger partial charge in [0.25, 0.3) is 0 Å². The normalized spacial score (nSPS) is 13.6. The van der Waals surface area contributed by atoms with Gasteiger partial charge < -0.3 is 0 Å². The highest BCUT2D eigenvalue weighted by atomic mass is 79.9. The zero-order chi connectivity index (χ0) is 5.86. The second kappa shape index (κ2) is 3.87. The summed E-state index contributed by atoms with van der Waals surface area (Å²) in [6.07, 6.45) is 0. The van der Waals surface area contributed by atoms with Crippen LogP contribution in [0.15, 0.2) is 10.8 Å². The van der Waals surface area contributed by atoms with E-state index in [2.05, 4.69) is 35.1 Å². The molecule has 1 atom stereocenters. The number of thiol groups is 1. The van der Waals surface area contributed by atoms with Crippen molar-refractivity contribution in [2.75, 3.05) is 0 Å². The van der Waals surface area contributed by atoms with Gasteiger partial charge in [0.05, 0.1) is 4.16 Å². The molecule has 0 aliphatic heterocycles. The van der Waals surface area contributed by atoms with E-state index < -0.39 is 0 Å². The van der Waals surface area contributed by atoms with E-state index in [0.29, 0.717) is 4.16 Å². The standard InChI is InChI=1S/C4H7BrS2/c1-3(5)7-4(2)6/h3,6H,2H2,1H3. The van der Waals surface area contributed by atoms with Gasteiger partial charge in [0.1, 0.15) is 0 Å². The Bertz CT molecular complexity index is 70.1. The molecule has 0 aromatic rings. The molecule has 0 rings (SSSR count). The molecule has 0 N–H and O–H groups in total. The number of hydrogen-bond acceptors (Lipinski definition) is 2. The summed E-state index contributed by atoms with van der Waals surface area (Å²) in [5.74, 6) is 0. The Morgan fingerprint density at radius 2 is 2.43 bits per heavy atom. The number of alkyl halides is 1. The first-order valence-electron chi connectivity index (χ1n) is 1.81. The Morgan fingerprint density at radius 3 is 2.43 bits per heavy atom. The van der Waals surface area contributed by atoms with E-state index in [1.165, 1.54) is 0 Å². The van der Waals surface area contributed by atoms with E-state index in [0.717, 1.165) is 4.24 Å². The van der Waals surface area contributed by atoms with Crippen molar-refractivity contribution in [1.29, 1.82) is 0 Å². The van der Waals surface area contributed by atoms with Gasteiger partial charge in [-0.25, -0.2) is 0 Å². The molecular formula is C4H7BrS2. The van der Waals surface area contributed by atoms with Gasteiger partial charge in [-0.3, -0.25) is 0 Å². The van der Waals surface area contributed by atoms with Crippen LogP contribution in [0.3, 0.4) is 0 Å². The van der Waals surface area contributed by atoms with Crippen molar-refractivity contribution in [1.82, 2.24) is 0 Å². The van der Waals surface area contributed by atoms with E-state index in [-0.39, 0.29) is 0 Å². The van der Waals surface area contributed by atoms with Gasteiger partial charge in [0.2, 0.25) is 0 Å². The lowest BCUT2D eigenvalue weighted by Crippen LogP contribution is -1.75. The molecule has 0 aliphatic carbocycles. The average molecular weight is 199 g/mol. The molecule has 0 fully saturated rings. The zero-order valence-electron chi connectivity index (χ0n) is 4.02. The van der Waals surface area contributed by atoms with Gasteiger partial charge >= 0.3 is 0 Å². The molecule has 0 aromatic carbocycles. The lowest BCUT2D eigenvalue weighted by molar-refractivity contribution is 1.46. The van der Waals surface area contributed by atoms with Crippen molar-refractivity contribution in [2.24, 2.45) is 0 Å². The minimum absolute atomic E-state index is 0.428. The van der Waals surface area contributed by atoms with E-state index in [1.54, 1.807) is 11.8 Å². The highest BCUT2D eigenvalue weighted by Crippen LogP contribution is 2.25. The number of hydrogen-bond donors (Lipinski definition) is 1. The summed E-state index contributed by atoms with van der Waals surface area (Å²) >= 11 is 8.90. The first kappa shape index (κ1) is 7.92. The maximum Gasteiger partial charge on any atom is 0.0624 e. The van der Waals surface area contributed by atoms with Crippen LogP contribution >= 0.6 is 40.3 Å². The largest absolute Gasteiger partial charge is 0.137 e. The molecule has 0 nitrogen and oxygen atoms in total. The first-order chi connectivity index (χ1) is 3.13. The highest BCUT2D eigenvalue weighted by Gasteiger charge is 1.93. The molecule has 1 unspecified atom stereocenters. The van der Waals surface area contributed by atoms with Crippen LogP contribution in [0.1, 0.15) is 6.92 Å². The molecule has 0 aromatic heterocycles. The molecule has 0 saturated carbocycles. The predicted molar refractivity (Wildman–Crippen MR) is 44.1 cm³/mol. The molecular weight excluding hydrogens is 192 g/mol. The Morgan fingerprint density at radius 1 is 2.00 bits per heavy atom. The van der Waals surface area contributed by atoms with Crippen molar-refractivity contribution < 1.29 is 0 Å². The molecule has 0 radical (unpaired) electrons. The SMILES string of the molecule is C=C(S)SC(C)Br. The van der Waals surface area contributed by atoms with Crippen LogP contribution in [0.25, 0.3) is 0 Å². The number of thioether (sulfide) groups is 1. The van der Waals surface area contributed by atoms with Gasteiger partial charge in [-0.2, -0.15) is 0 Å². The van der Waals surface area contributed by atoms with Gasteiger partial charge in [-0.1, -0.05) is 22.5 Å². The van der Waals surface area contributed by atoms with Crippen LogP contribution in [0.4, 0.5) is 0 Å². The fourth-order valence-corrected chi connectivity index (χ4v) is 2.15. The van der Waals surface area contributed by atoms with Crippen molar-refractivity contribution >= 4 is 40.3 Å². The Balaban J connectivity index is 3.13. The summed E-state index contributed by atoms with van der Waals surface area (Å²) in [6, 6.07) is 0. The van der Waals surface area contributed by atoms with Crippen LogP contribution in [-0.4, -0.2) is 4.16 Å². The molecule has 7 heavy (non-hydrogen) atoms. The average Bonchev–Trinajstić information content (AvgIpc) is 1.27. The third kappa shape index (κ3) is 6.92. The number of halogens is 1. The van der Waals surface area contributed by atoms with Gasteiger partial charge in [0, 0.05) is 4.24 Å². The minimum Gasteiger partial charge on any atom is -0.137 e. The smallest absolute Gasteiger partial charge is 0.0624 e. The summed E-state index contributed by atoms with van der Waals surface area (Å²) in [6.45, 7) is 5.63. The van der Waals surface area contributed by atoms with Crippen molar-refractivity contribution in [3.05, 3.63) is 10.8 Å². The van der Waals surface area contributed by atoms with Crippen LogP contribution < -0.4 is 0 Å². The molecule has 0 heterocycles. The summed E-state index contributed by atoms with van der Waals surface area (Å²) in [7, 11) is 0. The summed E-state index contributed by atoms with van der Waals surface area (Å²) in [4.78, 5) is 0. The third-order valence-electron chi connectivity index (χ3n) is 0.298. The molecule has 0 aliphatic rings.